The Morgan fingerprint density at radius 1 is 1.20 bits per heavy atom. The molecule has 9 heteroatoms. The van der Waals surface area contributed by atoms with Crippen molar-refractivity contribution >= 4 is 16.0 Å². The van der Waals surface area contributed by atoms with Gasteiger partial charge in [0.2, 0.25) is 10.0 Å². The number of aryl methyl sites for hydroxylation is 2. The SMILES string of the molecule is CCOC(=O)C1(Cc2ccc(OC)cc2)CCN(S(=O)(=O)c2c(C)noc2C)CC1. The van der Waals surface area contributed by atoms with Crippen LogP contribution in [-0.2, 0) is 26.0 Å². The van der Waals surface area contributed by atoms with Gasteiger partial charge < -0.3 is 14.0 Å². The van der Waals surface area contributed by atoms with Crippen molar-refractivity contribution in [1.29, 1.82) is 0 Å². The standard InChI is InChI=1S/C21H28N2O6S/c1-5-28-20(24)21(14-17-6-8-18(27-4)9-7-17)10-12-23(13-11-21)30(25,26)19-15(2)22-29-16(19)3/h6-9H,5,10-14H2,1-4H3. The highest BCUT2D eigenvalue weighted by Gasteiger charge is 2.45. The lowest BCUT2D eigenvalue weighted by Crippen LogP contribution is -2.48. The summed E-state index contributed by atoms with van der Waals surface area (Å²) < 4.78 is 43.3. The Bertz CT molecular complexity index is 970. The van der Waals surface area contributed by atoms with Crippen LogP contribution in [-0.4, -0.2) is 50.7 Å². The van der Waals surface area contributed by atoms with E-state index in [-0.39, 0.29) is 36.3 Å². The molecule has 8 nitrogen and oxygen atoms in total. The zero-order valence-corrected chi connectivity index (χ0v) is 18.6. The van der Waals surface area contributed by atoms with Crippen LogP contribution >= 0.6 is 0 Å². The number of carbonyl (C=O) groups is 1. The summed E-state index contributed by atoms with van der Waals surface area (Å²) in [6.45, 7) is 5.70. The van der Waals surface area contributed by atoms with Crippen molar-refractivity contribution in [2.45, 2.75) is 44.9 Å². The van der Waals surface area contributed by atoms with Gasteiger partial charge in [0.1, 0.15) is 16.3 Å². The van der Waals surface area contributed by atoms with Crippen molar-refractivity contribution in [1.82, 2.24) is 9.46 Å². The molecule has 0 aliphatic carbocycles. The minimum atomic E-state index is -3.74. The maximum Gasteiger partial charge on any atom is 0.312 e. The number of hydrogen-bond donors (Lipinski definition) is 0. The van der Waals surface area contributed by atoms with E-state index in [0.717, 1.165) is 11.3 Å². The highest BCUT2D eigenvalue weighted by Crippen LogP contribution is 2.39. The molecule has 3 rings (SSSR count). The van der Waals surface area contributed by atoms with Gasteiger partial charge in [-0.15, -0.1) is 0 Å². The van der Waals surface area contributed by atoms with Gasteiger partial charge in [-0.1, -0.05) is 17.3 Å². The zero-order valence-electron chi connectivity index (χ0n) is 17.8. The number of piperidine rings is 1. The molecule has 0 saturated carbocycles. The summed E-state index contributed by atoms with van der Waals surface area (Å²) in [5, 5.41) is 3.76. The van der Waals surface area contributed by atoms with Crippen molar-refractivity contribution in [3.05, 3.63) is 41.3 Å². The van der Waals surface area contributed by atoms with Gasteiger partial charge >= 0.3 is 5.97 Å². The number of esters is 1. The summed E-state index contributed by atoms with van der Waals surface area (Å²) in [7, 11) is -2.14. The largest absolute Gasteiger partial charge is 0.497 e. The van der Waals surface area contributed by atoms with Crippen molar-refractivity contribution < 1.29 is 27.2 Å². The summed E-state index contributed by atoms with van der Waals surface area (Å²) in [5.41, 5.74) is 0.550. The second-order valence-corrected chi connectivity index (χ2v) is 9.46. The van der Waals surface area contributed by atoms with E-state index in [9.17, 15) is 13.2 Å². The molecule has 0 bridgehead atoms. The molecule has 0 unspecified atom stereocenters. The fourth-order valence-electron chi connectivity index (χ4n) is 4.00. The Labute approximate surface area is 177 Å². The van der Waals surface area contributed by atoms with Gasteiger partial charge in [0.15, 0.2) is 5.76 Å². The molecule has 0 N–H and O–H groups in total. The Hall–Kier alpha value is -2.39. The molecule has 30 heavy (non-hydrogen) atoms. The summed E-state index contributed by atoms with van der Waals surface area (Å²) in [6, 6.07) is 7.55. The van der Waals surface area contributed by atoms with E-state index in [1.54, 1.807) is 27.9 Å². The number of benzene rings is 1. The van der Waals surface area contributed by atoms with Crippen LogP contribution in [0.1, 0.15) is 36.8 Å². The van der Waals surface area contributed by atoms with E-state index in [0.29, 0.717) is 25.0 Å². The number of ether oxygens (including phenoxy) is 2. The lowest BCUT2D eigenvalue weighted by atomic mass is 9.74. The first-order chi connectivity index (χ1) is 14.2. The highest BCUT2D eigenvalue weighted by molar-refractivity contribution is 7.89. The zero-order chi connectivity index (χ0) is 21.9. The quantitative estimate of drug-likeness (QED) is 0.615. The predicted molar refractivity (Wildman–Crippen MR) is 110 cm³/mol. The first-order valence-electron chi connectivity index (χ1n) is 9.96. The molecule has 2 aromatic rings. The molecule has 1 aliphatic rings. The summed E-state index contributed by atoms with van der Waals surface area (Å²) in [6.07, 6.45) is 1.23. The van der Waals surface area contributed by atoms with E-state index in [2.05, 4.69) is 5.16 Å². The molecule has 164 valence electrons. The molecular weight excluding hydrogens is 408 g/mol. The van der Waals surface area contributed by atoms with Crippen LogP contribution in [0.25, 0.3) is 0 Å². The normalized spacial score (nSPS) is 16.9. The lowest BCUT2D eigenvalue weighted by Gasteiger charge is -2.39. The van der Waals surface area contributed by atoms with Gasteiger partial charge in [0.05, 0.1) is 19.1 Å². The highest BCUT2D eigenvalue weighted by atomic mass is 32.2. The van der Waals surface area contributed by atoms with E-state index >= 15 is 0 Å². The summed E-state index contributed by atoms with van der Waals surface area (Å²) >= 11 is 0. The van der Waals surface area contributed by atoms with Gasteiger partial charge in [-0.25, -0.2) is 8.42 Å². The van der Waals surface area contributed by atoms with Crippen molar-refractivity contribution in [2.24, 2.45) is 5.41 Å². The number of rotatable bonds is 7. The summed E-state index contributed by atoms with van der Waals surface area (Å²) in [4.78, 5) is 13.0. The fourth-order valence-corrected chi connectivity index (χ4v) is 5.73. The van der Waals surface area contributed by atoms with Gasteiger partial charge in [-0.2, -0.15) is 4.31 Å². The number of hydrogen-bond acceptors (Lipinski definition) is 7. The van der Waals surface area contributed by atoms with Gasteiger partial charge in [-0.3, -0.25) is 4.79 Å². The number of carbonyl (C=O) groups excluding carboxylic acids is 1. The van der Waals surface area contributed by atoms with Crippen LogP contribution in [0.2, 0.25) is 0 Å². The monoisotopic (exact) mass is 436 g/mol. The first-order valence-corrected chi connectivity index (χ1v) is 11.4. The van der Waals surface area contributed by atoms with Gasteiger partial charge in [0, 0.05) is 13.1 Å². The number of nitrogens with zero attached hydrogens (tertiary/aromatic N) is 2. The van der Waals surface area contributed by atoms with Crippen LogP contribution in [0.15, 0.2) is 33.7 Å². The second kappa shape index (κ2) is 8.77. The third-order valence-electron chi connectivity index (χ3n) is 5.66. The fraction of sp³-hybridized carbons (Fsp3) is 0.524. The Morgan fingerprint density at radius 2 is 1.83 bits per heavy atom. The Morgan fingerprint density at radius 3 is 2.33 bits per heavy atom. The lowest BCUT2D eigenvalue weighted by molar-refractivity contribution is -0.158. The molecule has 1 aliphatic heterocycles. The van der Waals surface area contributed by atoms with Gasteiger partial charge in [-0.05, 0) is 57.7 Å². The molecule has 0 spiro atoms. The van der Waals surface area contributed by atoms with Crippen LogP contribution in [0.5, 0.6) is 5.75 Å². The van der Waals surface area contributed by atoms with Crippen LogP contribution in [0, 0.1) is 19.3 Å². The van der Waals surface area contributed by atoms with E-state index in [4.69, 9.17) is 14.0 Å². The van der Waals surface area contributed by atoms with Crippen LogP contribution in [0.3, 0.4) is 0 Å². The Kier molecular flexibility index (Phi) is 6.52. The number of methoxy groups -OCH3 is 1. The molecule has 0 atom stereocenters. The molecule has 1 saturated heterocycles. The topological polar surface area (TPSA) is 98.9 Å². The average Bonchev–Trinajstić information content (AvgIpc) is 3.08. The van der Waals surface area contributed by atoms with Crippen LogP contribution in [0.4, 0.5) is 0 Å². The van der Waals surface area contributed by atoms with Crippen molar-refractivity contribution in [3.63, 3.8) is 0 Å². The third-order valence-corrected chi connectivity index (χ3v) is 7.80. The smallest absolute Gasteiger partial charge is 0.312 e. The molecule has 1 fully saturated rings. The minimum Gasteiger partial charge on any atom is -0.497 e. The van der Waals surface area contributed by atoms with Crippen molar-refractivity contribution in [2.75, 3.05) is 26.8 Å². The maximum atomic E-state index is 13.1. The maximum absolute atomic E-state index is 13.1. The van der Waals surface area contributed by atoms with Crippen molar-refractivity contribution in [3.8, 4) is 5.75 Å². The molecule has 0 radical (unpaired) electrons. The van der Waals surface area contributed by atoms with E-state index < -0.39 is 15.4 Å². The molecular formula is C21H28N2O6S. The van der Waals surface area contributed by atoms with E-state index in [1.165, 1.54) is 4.31 Å². The van der Waals surface area contributed by atoms with Gasteiger partial charge in [0.25, 0.3) is 0 Å². The molecule has 1 aromatic carbocycles. The summed E-state index contributed by atoms with van der Waals surface area (Å²) in [5.74, 6) is 0.729. The van der Waals surface area contributed by atoms with Crippen LogP contribution < -0.4 is 4.74 Å². The Balaban J connectivity index is 1.83. The molecule has 2 heterocycles. The minimum absolute atomic E-state index is 0.112. The number of sulfonamides is 1. The van der Waals surface area contributed by atoms with E-state index in [1.807, 2.05) is 24.3 Å². The molecule has 1 aromatic heterocycles. The second-order valence-electron chi connectivity index (χ2n) is 7.58. The molecule has 0 amide bonds. The number of aromatic nitrogens is 1. The third kappa shape index (κ3) is 4.22. The average molecular weight is 437 g/mol. The predicted octanol–water partition coefficient (Wildman–Crippen LogP) is 2.88. The first kappa shape index (κ1) is 22.3.